The zero-order valence-corrected chi connectivity index (χ0v) is 13.2. The van der Waals surface area contributed by atoms with Crippen molar-refractivity contribution in [2.75, 3.05) is 18.5 Å². The molecule has 1 N–H and O–H groups in total. The fourth-order valence-corrected chi connectivity index (χ4v) is 2.30. The van der Waals surface area contributed by atoms with E-state index in [0.717, 1.165) is 4.90 Å². The molecule has 1 aliphatic heterocycles. The molecule has 2 rings (SSSR count). The molecule has 1 aliphatic rings. The Hall–Kier alpha value is -2.51. The number of hydrogen-bond donors (Lipinski definition) is 1. The molecule has 1 aromatic carbocycles. The van der Waals surface area contributed by atoms with Gasteiger partial charge in [-0.2, -0.15) is 0 Å². The summed E-state index contributed by atoms with van der Waals surface area (Å²) in [4.78, 5) is 35.9. The molecule has 0 aliphatic carbocycles. The van der Waals surface area contributed by atoms with Crippen molar-refractivity contribution in [3.63, 3.8) is 0 Å². The summed E-state index contributed by atoms with van der Waals surface area (Å²) in [5.41, 5.74) is 1.07. The molecule has 3 amide bonds. The first-order valence-electron chi connectivity index (χ1n) is 7.51. The predicted molar refractivity (Wildman–Crippen MR) is 81.9 cm³/mol. The fourth-order valence-electron chi connectivity index (χ4n) is 2.30. The minimum Gasteiger partial charge on any atom is -0.487 e. The first-order valence-corrected chi connectivity index (χ1v) is 7.51. The van der Waals surface area contributed by atoms with Crippen LogP contribution in [0.2, 0.25) is 0 Å². The van der Waals surface area contributed by atoms with E-state index in [4.69, 9.17) is 4.74 Å². The van der Waals surface area contributed by atoms with Crippen LogP contribution in [0.3, 0.4) is 0 Å². The molecule has 24 heavy (non-hydrogen) atoms. The Balaban J connectivity index is 1.90. The van der Waals surface area contributed by atoms with Gasteiger partial charge in [0.1, 0.15) is 12.4 Å². The Bertz CT molecular complexity index is 633. The molecule has 0 atom stereocenters. The minimum atomic E-state index is -2.59. The van der Waals surface area contributed by atoms with Crippen LogP contribution in [0.25, 0.3) is 0 Å². The summed E-state index contributed by atoms with van der Waals surface area (Å²) in [5.74, 6) is -0.666. The highest BCUT2D eigenvalue weighted by atomic mass is 19.3. The lowest BCUT2D eigenvalue weighted by Crippen LogP contribution is -2.32. The molecule has 0 saturated carbocycles. The third-order valence-corrected chi connectivity index (χ3v) is 3.55. The van der Waals surface area contributed by atoms with Gasteiger partial charge in [0, 0.05) is 37.6 Å². The minimum absolute atomic E-state index is 0.0292. The van der Waals surface area contributed by atoms with Crippen LogP contribution in [0.15, 0.2) is 18.2 Å². The average molecular weight is 340 g/mol. The van der Waals surface area contributed by atoms with Gasteiger partial charge in [-0.25, -0.2) is 8.78 Å². The summed E-state index contributed by atoms with van der Waals surface area (Å²) in [6.45, 7) is 1.01. The summed E-state index contributed by atoms with van der Waals surface area (Å²) in [7, 11) is 0. The second-order valence-corrected chi connectivity index (χ2v) is 5.42. The number of carbonyl (C=O) groups is 3. The maximum atomic E-state index is 12.2. The summed E-state index contributed by atoms with van der Waals surface area (Å²) >= 11 is 0. The number of ether oxygens (including phenoxy) is 1. The smallest absolute Gasteiger partial charge is 0.272 e. The lowest BCUT2D eigenvalue weighted by atomic mass is 10.2. The van der Waals surface area contributed by atoms with Gasteiger partial charge in [0.2, 0.25) is 17.7 Å². The van der Waals surface area contributed by atoms with Gasteiger partial charge in [-0.05, 0) is 18.6 Å². The highest BCUT2D eigenvalue weighted by Crippen LogP contribution is 2.23. The fraction of sp³-hybridized carbons (Fsp3) is 0.438. The molecular weight excluding hydrogens is 322 g/mol. The number of rotatable bonds is 7. The van der Waals surface area contributed by atoms with Crippen molar-refractivity contribution in [2.45, 2.75) is 32.6 Å². The van der Waals surface area contributed by atoms with Crippen LogP contribution < -0.4 is 10.1 Å². The molecule has 1 aromatic rings. The van der Waals surface area contributed by atoms with Gasteiger partial charge in [-0.1, -0.05) is 6.07 Å². The number of benzene rings is 1. The molecule has 8 heteroatoms. The number of halogens is 2. The normalized spacial score (nSPS) is 14.4. The van der Waals surface area contributed by atoms with Crippen LogP contribution in [0, 0.1) is 6.92 Å². The highest BCUT2D eigenvalue weighted by molar-refractivity contribution is 6.02. The van der Waals surface area contributed by atoms with E-state index in [9.17, 15) is 23.2 Å². The Morgan fingerprint density at radius 3 is 2.58 bits per heavy atom. The van der Waals surface area contributed by atoms with Gasteiger partial charge in [-0.15, -0.1) is 0 Å². The first kappa shape index (κ1) is 17.8. The Morgan fingerprint density at radius 2 is 1.96 bits per heavy atom. The third kappa shape index (κ3) is 4.74. The van der Waals surface area contributed by atoms with E-state index in [0.29, 0.717) is 11.3 Å². The van der Waals surface area contributed by atoms with Crippen molar-refractivity contribution < 1.29 is 27.9 Å². The Morgan fingerprint density at radius 1 is 1.29 bits per heavy atom. The maximum absolute atomic E-state index is 12.2. The van der Waals surface area contributed by atoms with E-state index in [-0.39, 0.29) is 49.3 Å². The van der Waals surface area contributed by atoms with Gasteiger partial charge >= 0.3 is 0 Å². The van der Waals surface area contributed by atoms with Crippen molar-refractivity contribution in [2.24, 2.45) is 0 Å². The lowest BCUT2D eigenvalue weighted by Gasteiger charge is -2.14. The third-order valence-electron chi connectivity index (χ3n) is 3.55. The van der Waals surface area contributed by atoms with Gasteiger partial charge < -0.3 is 10.1 Å². The molecule has 1 saturated heterocycles. The summed E-state index contributed by atoms with van der Waals surface area (Å²) in [5, 5.41) is 2.60. The second kappa shape index (κ2) is 7.85. The zero-order valence-electron chi connectivity index (χ0n) is 13.2. The predicted octanol–water partition coefficient (Wildman–Crippen LogP) is 2.12. The number of carbonyl (C=O) groups excluding carboxylic acids is 3. The van der Waals surface area contributed by atoms with Crippen molar-refractivity contribution in [3.05, 3.63) is 23.8 Å². The molecule has 0 spiro atoms. The van der Waals surface area contributed by atoms with E-state index in [1.807, 2.05) is 0 Å². The van der Waals surface area contributed by atoms with E-state index < -0.39 is 13.0 Å². The van der Waals surface area contributed by atoms with E-state index >= 15 is 0 Å². The Labute approximate surface area is 137 Å². The highest BCUT2D eigenvalue weighted by Gasteiger charge is 2.28. The standard InChI is InChI=1S/C16H18F2N2O4/c1-10-2-3-11(8-12(10)24-9-13(17)18)19-14(21)6-7-20-15(22)4-5-16(20)23/h2-3,8,13H,4-7,9H2,1H3,(H,19,21). The zero-order chi connectivity index (χ0) is 17.7. The molecule has 130 valence electrons. The first-order chi connectivity index (χ1) is 11.4. The summed E-state index contributed by atoms with van der Waals surface area (Å²) in [6.07, 6.45) is -2.25. The van der Waals surface area contributed by atoms with Gasteiger partial charge in [0.15, 0.2) is 0 Å². The molecule has 0 unspecified atom stereocenters. The van der Waals surface area contributed by atoms with Gasteiger partial charge in [0.05, 0.1) is 0 Å². The number of aryl methyl sites for hydroxylation is 1. The van der Waals surface area contributed by atoms with E-state index in [2.05, 4.69) is 5.32 Å². The van der Waals surface area contributed by atoms with Crippen LogP contribution in [0.4, 0.5) is 14.5 Å². The van der Waals surface area contributed by atoms with Crippen molar-refractivity contribution >= 4 is 23.4 Å². The molecule has 6 nitrogen and oxygen atoms in total. The molecule has 0 bridgehead atoms. The molecular formula is C16H18F2N2O4. The number of hydrogen-bond acceptors (Lipinski definition) is 4. The van der Waals surface area contributed by atoms with Crippen molar-refractivity contribution in [1.29, 1.82) is 0 Å². The van der Waals surface area contributed by atoms with E-state index in [1.165, 1.54) is 6.07 Å². The molecule has 1 fully saturated rings. The molecule has 0 aromatic heterocycles. The van der Waals surface area contributed by atoms with Crippen molar-refractivity contribution in [3.8, 4) is 5.75 Å². The second-order valence-electron chi connectivity index (χ2n) is 5.42. The lowest BCUT2D eigenvalue weighted by molar-refractivity contribution is -0.138. The maximum Gasteiger partial charge on any atom is 0.272 e. The van der Waals surface area contributed by atoms with Gasteiger partial charge in [0.25, 0.3) is 6.43 Å². The quantitative estimate of drug-likeness (QED) is 0.772. The monoisotopic (exact) mass is 340 g/mol. The topological polar surface area (TPSA) is 75.7 Å². The number of likely N-dealkylation sites (tertiary alicyclic amines) is 1. The van der Waals surface area contributed by atoms with Crippen LogP contribution in [-0.2, 0) is 14.4 Å². The average Bonchev–Trinajstić information content (AvgIpc) is 2.84. The van der Waals surface area contributed by atoms with Crippen LogP contribution in [-0.4, -0.2) is 42.2 Å². The van der Waals surface area contributed by atoms with E-state index in [1.54, 1.807) is 19.1 Å². The SMILES string of the molecule is Cc1ccc(NC(=O)CCN2C(=O)CCC2=O)cc1OCC(F)F. The van der Waals surface area contributed by atoms with Crippen LogP contribution in [0.5, 0.6) is 5.75 Å². The number of alkyl halides is 2. The molecule has 1 heterocycles. The Kier molecular flexibility index (Phi) is 5.83. The summed E-state index contributed by atoms with van der Waals surface area (Å²) < 4.78 is 29.4. The van der Waals surface area contributed by atoms with Crippen LogP contribution >= 0.6 is 0 Å². The number of nitrogens with one attached hydrogen (secondary N) is 1. The number of imide groups is 1. The number of nitrogens with zero attached hydrogens (tertiary/aromatic N) is 1. The van der Waals surface area contributed by atoms with Gasteiger partial charge in [-0.3, -0.25) is 19.3 Å². The van der Waals surface area contributed by atoms with Crippen LogP contribution in [0.1, 0.15) is 24.8 Å². The summed E-state index contributed by atoms with van der Waals surface area (Å²) in [6, 6.07) is 4.72. The van der Waals surface area contributed by atoms with Crippen molar-refractivity contribution in [1.82, 2.24) is 4.90 Å². The number of amides is 3. The molecule has 0 radical (unpaired) electrons. The largest absolute Gasteiger partial charge is 0.487 e. The number of anilines is 1.